The van der Waals surface area contributed by atoms with Gasteiger partial charge in [0.2, 0.25) is 15.9 Å². The molecule has 1 N–H and O–H groups in total. The lowest BCUT2D eigenvalue weighted by atomic mass is 10.1. The number of rotatable bonds is 5. The minimum atomic E-state index is -3.52. The maximum atomic E-state index is 12.6. The quantitative estimate of drug-likeness (QED) is 0.639. The summed E-state index contributed by atoms with van der Waals surface area (Å²) in [6.07, 6.45) is 3.09. The lowest BCUT2D eigenvalue weighted by Gasteiger charge is -2.26. The number of carbonyl (C=O) groups excluding carboxylic acids is 1. The highest BCUT2D eigenvalue weighted by Gasteiger charge is 2.25. The average Bonchev–Trinajstić information content (AvgIpc) is 2.78. The van der Waals surface area contributed by atoms with E-state index in [2.05, 4.69) is 5.32 Å². The van der Waals surface area contributed by atoms with E-state index >= 15 is 0 Å². The van der Waals surface area contributed by atoms with E-state index in [4.69, 9.17) is 4.74 Å². The van der Waals surface area contributed by atoms with Crippen LogP contribution in [0.15, 0.2) is 77.7 Å². The van der Waals surface area contributed by atoms with Crippen molar-refractivity contribution in [2.24, 2.45) is 0 Å². The number of amides is 1. The van der Waals surface area contributed by atoms with Gasteiger partial charge in [0.1, 0.15) is 0 Å². The predicted octanol–water partition coefficient (Wildman–Crippen LogP) is 3.51. The number of carbonyl (C=O) groups is 1. The van der Waals surface area contributed by atoms with Crippen molar-refractivity contribution in [1.29, 1.82) is 0 Å². The van der Waals surface area contributed by atoms with Crippen molar-refractivity contribution in [3.8, 4) is 0 Å². The number of benzene rings is 3. The van der Waals surface area contributed by atoms with Crippen molar-refractivity contribution in [3.63, 3.8) is 0 Å². The molecule has 3 aromatic rings. The molecule has 7 heteroatoms. The molecule has 1 heterocycles. The van der Waals surface area contributed by atoms with Crippen molar-refractivity contribution >= 4 is 38.5 Å². The Balaban J connectivity index is 1.41. The van der Waals surface area contributed by atoms with Gasteiger partial charge in [-0.2, -0.15) is 4.31 Å². The fourth-order valence-electron chi connectivity index (χ4n) is 3.31. The van der Waals surface area contributed by atoms with Crippen LogP contribution in [0.1, 0.15) is 5.56 Å². The number of ether oxygens (including phenoxy) is 1. The van der Waals surface area contributed by atoms with E-state index in [1.54, 1.807) is 30.3 Å². The first-order chi connectivity index (χ1) is 14.5. The Kier molecular flexibility index (Phi) is 5.94. The van der Waals surface area contributed by atoms with Gasteiger partial charge in [0.05, 0.1) is 18.1 Å². The van der Waals surface area contributed by atoms with Crippen LogP contribution in [0.2, 0.25) is 0 Å². The predicted molar refractivity (Wildman–Crippen MR) is 118 cm³/mol. The summed E-state index contributed by atoms with van der Waals surface area (Å²) in [6.45, 7) is 1.54. The van der Waals surface area contributed by atoms with Crippen LogP contribution in [0, 0.1) is 0 Å². The Labute approximate surface area is 175 Å². The molecule has 6 nitrogen and oxygen atoms in total. The normalized spacial score (nSPS) is 15.5. The molecular weight excluding hydrogens is 400 g/mol. The fraction of sp³-hybridized carbons (Fsp3) is 0.174. The molecule has 0 unspecified atom stereocenters. The van der Waals surface area contributed by atoms with Crippen LogP contribution in [0.3, 0.4) is 0 Å². The van der Waals surface area contributed by atoms with Gasteiger partial charge < -0.3 is 10.1 Å². The zero-order valence-electron chi connectivity index (χ0n) is 16.3. The molecule has 154 valence electrons. The summed E-state index contributed by atoms with van der Waals surface area (Å²) in [5.41, 5.74) is 1.46. The van der Waals surface area contributed by atoms with Gasteiger partial charge in [-0.15, -0.1) is 0 Å². The molecule has 0 spiro atoms. The Morgan fingerprint density at radius 2 is 1.63 bits per heavy atom. The van der Waals surface area contributed by atoms with Gasteiger partial charge in [-0.3, -0.25) is 4.79 Å². The summed E-state index contributed by atoms with van der Waals surface area (Å²) in [4.78, 5) is 12.5. The van der Waals surface area contributed by atoms with Gasteiger partial charge in [-0.25, -0.2) is 8.42 Å². The minimum Gasteiger partial charge on any atom is -0.379 e. The molecule has 1 fully saturated rings. The zero-order chi connectivity index (χ0) is 21.0. The fourth-order valence-corrected chi connectivity index (χ4v) is 4.72. The van der Waals surface area contributed by atoms with Crippen LogP contribution in [0.4, 0.5) is 5.69 Å². The van der Waals surface area contributed by atoms with Gasteiger partial charge in [0.15, 0.2) is 0 Å². The van der Waals surface area contributed by atoms with Gasteiger partial charge in [0, 0.05) is 24.9 Å². The lowest BCUT2D eigenvalue weighted by Crippen LogP contribution is -2.40. The smallest absolute Gasteiger partial charge is 0.248 e. The second-order valence-corrected chi connectivity index (χ2v) is 8.91. The molecule has 0 bridgehead atoms. The van der Waals surface area contributed by atoms with Crippen LogP contribution in [0.5, 0.6) is 0 Å². The van der Waals surface area contributed by atoms with Gasteiger partial charge in [0.25, 0.3) is 0 Å². The van der Waals surface area contributed by atoms with E-state index in [0.717, 1.165) is 22.0 Å². The Morgan fingerprint density at radius 1 is 0.933 bits per heavy atom. The third kappa shape index (κ3) is 4.59. The summed E-state index contributed by atoms with van der Waals surface area (Å²) in [5, 5.41) is 5.00. The highest BCUT2D eigenvalue weighted by Crippen LogP contribution is 2.20. The van der Waals surface area contributed by atoms with Crippen molar-refractivity contribution in [1.82, 2.24) is 4.31 Å². The number of sulfonamides is 1. The van der Waals surface area contributed by atoms with Gasteiger partial charge in [-0.05, 0) is 46.7 Å². The molecule has 30 heavy (non-hydrogen) atoms. The minimum absolute atomic E-state index is 0.238. The topological polar surface area (TPSA) is 75.7 Å². The van der Waals surface area contributed by atoms with Crippen molar-refractivity contribution in [2.75, 3.05) is 31.6 Å². The maximum absolute atomic E-state index is 12.6. The Bertz CT molecular complexity index is 1180. The second kappa shape index (κ2) is 8.79. The summed E-state index contributed by atoms with van der Waals surface area (Å²) in [6, 6.07) is 20.2. The van der Waals surface area contributed by atoms with E-state index in [0.29, 0.717) is 26.3 Å². The van der Waals surface area contributed by atoms with E-state index in [9.17, 15) is 13.2 Å². The largest absolute Gasteiger partial charge is 0.379 e. The molecule has 0 aliphatic carbocycles. The van der Waals surface area contributed by atoms with Crippen LogP contribution >= 0.6 is 0 Å². The van der Waals surface area contributed by atoms with Crippen molar-refractivity contribution in [2.45, 2.75) is 4.90 Å². The molecule has 0 saturated carbocycles. The highest BCUT2D eigenvalue weighted by molar-refractivity contribution is 7.89. The van der Waals surface area contributed by atoms with E-state index in [1.807, 2.05) is 42.5 Å². The standard InChI is InChI=1S/C23H22N2O4S/c26-23(24-21-9-8-19-3-1-2-4-20(19)17-21)12-7-18-5-10-22(11-6-18)30(27,28)25-13-15-29-16-14-25/h1-12,17H,13-16H2,(H,24,26). The van der Waals surface area contributed by atoms with E-state index in [-0.39, 0.29) is 10.8 Å². The zero-order valence-corrected chi connectivity index (χ0v) is 17.1. The number of anilines is 1. The summed E-state index contributed by atoms with van der Waals surface area (Å²) in [7, 11) is -3.52. The molecule has 1 amide bonds. The first-order valence-electron chi connectivity index (χ1n) is 9.68. The SMILES string of the molecule is O=C(C=Cc1ccc(S(=O)(=O)N2CCOCC2)cc1)Nc1ccc2ccccc2c1. The summed E-state index contributed by atoms with van der Waals surface area (Å²) >= 11 is 0. The van der Waals surface area contributed by atoms with E-state index < -0.39 is 10.0 Å². The van der Waals surface area contributed by atoms with Crippen LogP contribution in [-0.4, -0.2) is 44.9 Å². The van der Waals surface area contributed by atoms with Crippen molar-refractivity contribution in [3.05, 3.63) is 78.4 Å². The maximum Gasteiger partial charge on any atom is 0.248 e. The van der Waals surface area contributed by atoms with Crippen LogP contribution in [0.25, 0.3) is 16.8 Å². The number of hydrogen-bond donors (Lipinski definition) is 1. The molecule has 4 rings (SSSR count). The Morgan fingerprint density at radius 3 is 2.37 bits per heavy atom. The number of fused-ring (bicyclic) bond motifs is 1. The molecule has 0 atom stereocenters. The van der Waals surface area contributed by atoms with Crippen LogP contribution < -0.4 is 5.32 Å². The lowest BCUT2D eigenvalue weighted by molar-refractivity contribution is -0.111. The van der Waals surface area contributed by atoms with Crippen LogP contribution in [-0.2, 0) is 19.6 Å². The molecule has 0 aromatic heterocycles. The average molecular weight is 423 g/mol. The number of nitrogens with zero attached hydrogens (tertiary/aromatic N) is 1. The number of nitrogens with one attached hydrogen (secondary N) is 1. The first kappa shape index (κ1) is 20.3. The van der Waals surface area contributed by atoms with E-state index in [1.165, 1.54) is 10.4 Å². The molecule has 0 radical (unpaired) electrons. The van der Waals surface area contributed by atoms with Gasteiger partial charge >= 0.3 is 0 Å². The number of hydrogen-bond acceptors (Lipinski definition) is 4. The third-order valence-corrected chi connectivity index (χ3v) is 6.84. The molecule has 3 aromatic carbocycles. The Hall–Kier alpha value is -3.00. The summed E-state index contributed by atoms with van der Waals surface area (Å²) in [5.74, 6) is -0.254. The highest BCUT2D eigenvalue weighted by atomic mass is 32.2. The van der Waals surface area contributed by atoms with Crippen molar-refractivity contribution < 1.29 is 17.9 Å². The number of morpholine rings is 1. The summed E-state index contributed by atoms with van der Waals surface area (Å²) < 4.78 is 31.9. The molecular formula is C23H22N2O4S. The monoisotopic (exact) mass is 422 g/mol. The molecule has 1 saturated heterocycles. The first-order valence-corrected chi connectivity index (χ1v) is 11.1. The van der Waals surface area contributed by atoms with Gasteiger partial charge in [-0.1, -0.05) is 42.5 Å². The molecule has 1 aliphatic heterocycles. The third-order valence-electron chi connectivity index (χ3n) is 4.93. The second-order valence-electron chi connectivity index (χ2n) is 6.97. The molecule has 1 aliphatic rings.